The largest absolute Gasteiger partial charge is 0.478 e. The van der Waals surface area contributed by atoms with Crippen molar-refractivity contribution in [1.82, 2.24) is 15.0 Å². The number of aryl methyl sites for hydroxylation is 1. The van der Waals surface area contributed by atoms with Crippen molar-refractivity contribution in [3.05, 3.63) is 88.9 Å². The highest BCUT2D eigenvalue weighted by Gasteiger charge is 2.29. The van der Waals surface area contributed by atoms with Gasteiger partial charge in [0, 0.05) is 10.6 Å². The van der Waals surface area contributed by atoms with Gasteiger partial charge in [0.2, 0.25) is 14.9 Å². The highest BCUT2D eigenvalue weighted by molar-refractivity contribution is 7.91. The standard InChI is InChI=1S/C22H16ClN3O4S/c1-14-2-12-19(13-3-14)31(29,30)21-20(15-4-8-17(23)9-5-15)26(25-24-21)18-10-6-16(7-11-18)22(27)28/h2-13H,1H3,(H,27,28). The Labute approximate surface area is 183 Å². The minimum absolute atomic E-state index is 0.0987. The third-order valence-electron chi connectivity index (χ3n) is 4.70. The van der Waals surface area contributed by atoms with E-state index in [0.29, 0.717) is 16.3 Å². The molecule has 156 valence electrons. The van der Waals surface area contributed by atoms with Gasteiger partial charge in [-0.05, 0) is 55.5 Å². The summed E-state index contributed by atoms with van der Waals surface area (Å²) in [5.74, 6) is -1.06. The van der Waals surface area contributed by atoms with Crippen molar-refractivity contribution in [3.63, 3.8) is 0 Å². The van der Waals surface area contributed by atoms with Crippen molar-refractivity contribution in [1.29, 1.82) is 0 Å². The topological polar surface area (TPSA) is 102 Å². The zero-order chi connectivity index (χ0) is 22.2. The normalized spacial score (nSPS) is 11.4. The van der Waals surface area contributed by atoms with Crippen LogP contribution in [0.4, 0.5) is 0 Å². The predicted molar refractivity (Wildman–Crippen MR) is 115 cm³/mol. The number of aromatic carboxylic acids is 1. The summed E-state index contributed by atoms with van der Waals surface area (Å²) < 4.78 is 28.1. The number of carboxylic acids is 1. The first-order valence-electron chi connectivity index (χ1n) is 9.14. The Kier molecular flexibility index (Phi) is 5.34. The van der Waals surface area contributed by atoms with Crippen molar-refractivity contribution >= 4 is 27.4 Å². The van der Waals surface area contributed by atoms with Gasteiger partial charge in [0.25, 0.3) is 0 Å². The Hall–Kier alpha value is -3.49. The molecule has 0 aliphatic heterocycles. The lowest BCUT2D eigenvalue weighted by Crippen LogP contribution is -2.06. The first kappa shape index (κ1) is 20.8. The van der Waals surface area contributed by atoms with Gasteiger partial charge < -0.3 is 5.11 Å². The molecule has 0 fully saturated rings. The van der Waals surface area contributed by atoms with Crippen LogP contribution in [-0.2, 0) is 9.84 Å². The van der Waals surface area contributed by atoms with E-state index in [2.05, 4.69) is 10.3 Å². The number of hydrogen-bond acceptors (Lipinski definition) is 5. The van der Waals surface area contributed by atoms with Crippen LogP contribution in [-0.4, -0.2) is 34.5 Å². The molecule has 31 heavy (non-hydrogen) atoms. The summed E-state index contributed by atoms with van der Waals surface area (Å²) in [6.07, 6.45) is 0. The smallest absolute Gasteiger partial charge is 0.335 e. The fourth-order valence-corrected chi connectivity index (χ4v) is 4.50. The van der Waals surface area contributed by atoms with Gasteiger partial charge in [-0.15, -0.1) is 5.10 Å². The van der Waals surface area contributed by atoms with Gasteiger partial charge in [-0.25, -0.2) is 17.9 Å². The summed E-state index contributed by atoms with van der Waals surface area (Å²) in [5, 5.41) is 17.5. The van der Waals surface area contributed by atoms with Crippen LogP contribution in [0.2, 0.25) is 5.02 Å². The zero-order valence-corrected chi connectivity index (χ0v) is 17.8. The molecule has 0 bridgehead atoms. The van der Waals surface area contributed by atoms with Crippen molar-refractivity contribution < 1.29 is 18.3 Å². The molecule has 0 amide bonds. The average Bonchev–Trinajstić information content (AvgIpc) is 3.21. The Morgan fingerprint density at radius 2 is 1.55 bits per heavy atom. The highest BCUT2D eigenvalue weighted by atomic mass is 35.5. The van der Waals surface area contributed by atoms with E-state index in [-0.39, 0.29) is 21.2 Å². The number of hydrogen-bond donors (Lipinski definition) is 1. The van der Waals surface area contributed by atoms with Gasteiger partial charge in [-0.3, -0.25) is 0 Å². The van der Waals surface area contributed by atoms with E-state index in [1.165, 1.54) is 28.9 Å². The van der Waals surface area contributed by atoms with E-state index in [4.69, 9.17) is 16.7 Å². The minimum atomic E-state index is -3.97. The number of nitrogens with zero attached hydrogens (tertiary/aromatic N) is 3. The fraction of sp³-hybridized carbons (Fsp3) is 0.0455. The van der Waals surface area contributed by atoms with Crippen LogP contribution < -0.4 is 0 Å². The van der Waals surface area contributed by atoms with E-state index < -0.39 is 15.8 Å². The monoisotopic (exact) mass is 453 g/mol. The molecule has 4 aromatic rings. The quantitative estimate of drug-likeness (QED) is 0.479. The van der Waals surface area contributed by atoms with Crippen molar-refractivity contribution in [2.75, 3.05) is 0 Å². The van der Waals surface area contributed by atoms with Gasteiger partial charge in [-0.1, -0.05) is 46.6 Å². The molecule has 0 aliphatic rings. The Bertz CT molecular complexity index is 1360. The van der Waals surface area contributed by atoms with E-state index in [1.807, 2.05) is 6.92 Å². The van der Waals surface area contributed by atoms with E-state index >= 15 is 0 Å². The lowest BCUT2D eigenvalue weighted by molar-refractivity contribution is 0.0697. The fourth-order valence-electron chi connectivity index (χ4n) is 3.06. The lowest BCUT2D eigenvalue weighted by atomic mass is 10.1. The van der Waals surface area contributed by atoms with E-state index in [1.54, 1.807) is 48.5 Å². The van der Waals surface area contributed by atoms with Gasteiger partial charge in [0.1, 0.15) is 5.69 Å². The van der Waals surface area contributed by atoms with Crippen molar-refractivity contribution in [2.24, 2.45) is 0 Å². The third kappa shape index (κ3) is 3.95. The first-order chi connectivity index (χ1) is 14.8. The molecule has 0 saturated heterocycles. The first-order valence-corrected chi connectivity index (χ1v) is 11.0. The SMILES string of the molecule is Cc1ccc(S(=O)(=O)c2nnn(-c3ccc(C(=O)O)cc3)c2-c2ccc(Cl)cc2)cc1. The maximum Gasteiger partial charge on any atom is 0.335 e. The Balaban J connectivity index is 1.93. The average molecular weight is 454 g/mol. The number of benzene rings is 3. The van der Waals surface area contributed by atoms with Gasteiger partial charge in [-0.2, -0.15) is 0 Å². The number of rotatable bonds is 5. The molecule has 3 aromatic carbocycles. The van der Waals surface area contributed by atoms with Crippen LogP contribution in [0.5, 0.6) is 0 Å². The maximum absolute atomic E-state index is 13.4. The van der Waals surface area contributed by atoms with Gasteiger partial charge in [0.05, 0.1) is 16.1 Å². The van der Waals surface area contributed by atoms with Crippen LogP contribution in [0.1, 0.15) is 15.9 Å². The summed E-state index contributed by atoms with van der Waals surface area (Å²) in [5.41, 5.74) is 2.29. The summed E-state index contributed by atoms with van der Waals surface area (Å²) in [4.78, 5) is 11.3. The van der Waals surface area contributed by atoms with Crippen LogP contribution >= 0.6 is 11.6 Å². The van der Waals surface area contributed by atoms with Crippen LogP contribution in [0.3, 0.4) is 0 Å². The highest BCUT2D eigenvalue weighted by Crippen LogP contribution is 2.32. The zero-order valence-electron chi connectivity index (χ0n) is 16.2. The van der Waals surface area contributed by atoms with Gasteiger partial charge in [0.15, 0.2) is 0 Å². The molecule has 0 atom stereocenters. The minimum Gasteiger partial charge on any atom is -0.478 e. The molecule has 1 N–H and O–H groups in total. The predicted octanol–water partition coefficient (Wildman–Crippen LogP) is 4.43. The summed E-state index contributed by atoms with van der Waals surface area (Å²) in [6, 6.07) is 19.0. The number of carboxylic acid groups (broad SMARTS) is 1. The summed E-state index contributed by atoms with van der Waals surface area (Å²) >= 11 is 6.01. The molecule has 9 heteroatoms. The van der Waals surface area contributed by atoms with Crippen LogP contribution in [0, 0.1) is 6.92 Å². The molecule has 0 unspecified atom stereocenters. The molecule has 1 aromatic heterocycles. The lowest BCUT2D eigenvalue weighted by Gasteiger charge is -2.10. The molecule has 0 radical (unpaired) electrons. The summed E-state index contributed by atoms with van der Waals surface area (Å²) in [7, 11) is -3.97. The second-order valence-electron chi connectivity index (χ2n) is 6.83. The molecule has 0 saturated carbocycles. The Morgan fingerprint density at radius 1 is 0.935 bits per heavy atom. The number of halogens is 1. The van der Waals surface area contributed by atoms with Crippen LogP contribution in [0.25, 0.3) is 16.9 Å². The molecule has 0 spiro atoms. The molecular formula is C22H16ClN3O4S. The second kappa shape index (κ2) is 7.98. The number of carbonyl (C=O) groups is 1. The second-order valence-corrected chi connectivity index (χ2v) is 9.13. The molecular weight excluding hydrogens is 438 g/mol. The Morgan fingerprint density at radius 3 is 2.13 bits per heavy atom. The molecule has 1 heterocycles. The molecule has 7 nitrogen and oxygen atoms in total. The van der Waals surface area contributed by atoms with Crippen molar-refractivity contribution in [2.45, 2.75) is 16.8 Å². The van der Waals surface area contributed by atoms with E-state index in [0.717, 1.165) is 5.56 Å². The molecule has 0 aliphatic carbocycles. The van der Waals surface area contributed by atoms with E-state index in [9.17, 15) is 13.2 Å². The van der Waals surface area contributed by atoms with Gasteiger partial charge >= 0.3 is 5.97 Å². The maximum atomic E-state index is 13.4. The number of sulfone groups is 1. The third-order valence-corrected chi connectivity index (χ3v) is 6.63. The number of aromatic nitrogens is 3. The van der Waals surface area contributed by atoms with Crippen molar-refractivity contribution in [3.8, 4) is 16.9 Å². The van der Waals surface area contributed by atoms with Crippen LogP contribution in [0.15, 0.2) is 82.7 Å². The summed E-state index contributed by atoms with van der Waals surface area (Å²) in [6.45, 7) is 1.87. The molecule has 4 rings (SSSR count).